The summed E-state index contributed by atoms with van der Waals surface area (Å²) in [7, 11) is 0. The third kappa shape index (κ3) is 6.92. The summed E-state index contributed by atoms with van der Waals surface area (Å²) in [5, 5.41) is 19.9. The van der Waals surface area contributed by atoms with E-state index in [1.165, 1.54) is 18.2 Å². The fourth-order valence-corrected chi connectivity index (χ4v) is 2.79. The molecular weight excluding hydrogens is 391 g/mol. The van der Waals surface area contributed by atoms with E-state index < -0.39 is 17.3 Å². The van der Waals surface area contributed by atoms with Crippen LogP contribution in [0.5, 0.6) is 5.75 Å². The first-order chi connectivity index (χ1) is 14.1. The highest BCUT2D eigenvalue weighted by atomic mass is 19.1. The van der Waals surface area contributed by atoms with Gasteiger partial charge in [0.1, 0.15) is 28.9 Å². The van der Waals surface area contributed by atoms with E-state index in [2.05, 4.69) is 10.5 Å². The topological polar surface area (TPSA) is 137 Å². The lowest BCUT2D eigenvalue weighted by Gasteiger charge is -2.33. The van der Waals surface area contributed by atoms with Gasteiger partial charge in [0.2, 0.25) is 5.71 Å². The van der Waals surface area contributed by atoms with Crippen LogP contribution in [-0.4, -0.2) is 47.8 Å². The molecule has 0 bridgehead atoms. The number of nitrogens with one attached hydrogen (secondary N) is 2. The predicted octanol–water partition coefficient (Wildman–Crippen LogP) is 3.08. The summed E-state index contributed by atoms with van der Waals surface area (Å²) in [6, 6.07) is 5.57. The van der Waals surface area contributed by atoms with Gasteiger partial charge in [0.25, 0.3) is 0 Å². The highest BCUT2D eigenvalue weighted by Gasteiger charge is 2.27. The highest BCUT2D eigenvalue weighted by molar-refractivity contribution is 6.45. The van der Waals surface area contributed by atoms with Crippen LogP contribution in [0.3, 0.4) is 0 Å². The summed E-state index contributed by atoms with van der Waals surface area (Å²) in [5.74, 6) is -0.430. The van der Waals surface area contributed by atoms with Crippen molar-refractivity contribution in [3.63, 3.8) is 0 Å². The number of hydrogen-bond acceptors (Lipinski definition) is 7. The maximum Gasteiger partial charge on any atom is 0.410 e. The minimum Gasteiger partial charge on any atom is -0.491 e. The van der Waals surface area contributed by atoms with Gasteiger partial charge in [0.15, 0.2) is 5.84 Å². The van der Waals surface area contributed by atoms with Crippen LogP contribution < -0.4 is 15.9 Å². The van der Waals surface area contributed by atoms with Crippen molar-refractivity contribution in [3.8, 4) is 11.8 Å². The molecule has 1 aromatic rings. The number of hydrazone groups is 1. The van der Waals surface area contributed by atoms with Crippen LogP contribution in [0.2, 0.25) is 0 Å². The molecule has 1 aliphatic rings. The van der Waals surface area contributed by atoms with Crippen molar-refractivity contribution in [1.82, 2.24) is 4.90 Å². The van der Waals surface area contributed by atoms with Gasteiger partial charge < -0.3 is 20.1 Å². The molecule has 0 spiro atoms. The molecule has 1 saturated heterocycles. The second kappa shape index (κ2) is 9.91. The maximum atomic E-state index is 13.6. The third-order valence-electron chi connectivity index (χ3n) is 4.33. The summed E-state index contributed by atoms with van der Waals surface area (Å²) in [6.07, 6.45) is 1.19. The van der Waals surface area contributed by atoms with Gasteiger partial charge in [-0.05, 0) is 51.7 Å². The Balaban J connectivity index is 1.93. The molecule has 2 rings (SSSR count). The molecule has 10 heteroatoms. The molecule has 0 radical (unpaired) electrons. The lowest BCUT2D eigenvalue weighted by Crippen LogP contribution is -2.42. The number of carbonyl (C=O) groups excluding carboxylic acids is 1. The maximum absolute atomic E-state index is 13.6. The monoisotopic (exact) mass is 418 g/mol. The lowest BCUT2D eigenvalue weighted by molar-refractivity contribution is 0.0165. The van der Waals surface area contributed by atoms with E-state index in [-0.39, 0.29) is 23.4 Å². The van der Waals surface area contributed by atoms with Crippen molar-refractivity contribution in [2.45, 2.75) is 39.2 Å². The second-order valence-corrected chi connectivity index (χ2v) is 7.96. The van der Waals surface area contributed by atoms with E-state index in [1.807, 2.05) is 20.8 Å². The Bertz CT molecular complexity index is 851. The molecule has 30 heavy (non-hydrogen) atoms. The van der Waals surface area contributed by atoms with Gasteiger partial charge in [0.05, 0.1) is 6.61 Å². The Morgan fingerprint density at radius 1 is 1.43 bits per heavy atom. The number of ether oxygens (including phenoxy) is 2. The average molecular weight is 418 g/mol. The molecule has 162 valence electrons. The number of rotatable bonds is 6. The SMILES string of the molecule is CC(C)(C)OC(=O)N1CCC(COc2ccc(F)cc2N/N=C(\C#N)C(=N)N)CC1. The van der Waals surface area contributed by atoms with Gasteiger partial charge in [-0.25, -0.2) is 9.18 Å². The number of anilines is 1. The van der Waals surface area contributed by atoms with Crippen LogP contribution in [0, 0.1) is 28.5 Å². The fraction of sp³-hybridized carbons (Fsp3) is 0.500. The Morgan fingerprint density at radius 3 is 2.67 bits per heavy atom. The second-order valence-electron chi connectivity index (χ2n) is 7.96. The smallest absolute Gasteiger partial charge is 0.410 e. The predicted molar refractivity (Wildman–Crippen MR) is 111 cm³/mol. The highest BCUT2D eigenvalue weighted by Crippen LogP contribution is 2.27. The number of nitrogens with zero attached hydrogens (tertiary/aromatic N) is 3. The fourth-order valence-electron chi connectivity index (χ4n) is 2.79. The Labute approximate surface area is 175 Å². The summed E-state index contributed by atoms with van der Waals surface area (Å²) < 4.78 is 24.8. The third-order valence-corrected chi connectivity index (χ3v) is 4.33. The molecular formula is C20H27FN6O3. The molecule has 0 aromatic heterocycles. The number of piperidine rings is 1. The molecule has 9 nitrogen and oxygen atoms in total. The summed E-state index contributed by atoms with van der Waals surface area (Å²) in [4.78, 5) is 13.8. The Kier molecular flexibility index (Phi) is 7.58. The van der Waals surface area contributed by atoms with Crippen molar-refractivity contribution in [3.05, 3.63) is 24.0 Å². The first-order valence-electron chi connectivity index (χ1n) is 9.57. The van der Waals surface area contributed by atoms with Gasteiger partial charge in [-0.15, -0.1) is 0 Å². The Hall–Kier alpha value is -3.35. The number of halogens is 1. The molecule has 0 atom stereocenters. The largest absolute Gasteiger partial charge is 0.491 e. The average Bonchev–Trinajstić information content (AvgIpc) is 2.66. The molecule has 0 unspecified atom stereocenters. The van der Waals surface area contributed by atoms with E-state index in [9.17, 15) is 9.18 Å². The van der Waals surface area contributed by atoms with Crippen LogP contribution in [0.15, 0.2) is 23.3 Å². The van der Waals surface area contributed by atoms with Crippen molar-refractivity contribution in [1.29, 1.82) is 10.7 Å². The van der Waals surface area contributed by atoms with Gasteiger partial charge in [-0.1, -0.05) is 0 Å². The number of likely N-dealkylation sites (tertiary alicyclic amines) is 1. The standard InChI is InChI=1S/C20H27FN6O3/c1-20(2,3)30-19(28)27-8-6-13(7-9-27)12-29-17-5-4-14(21)10-15(17)25-26-16(11-22)18(23)24/h4-5,10,13,25H,6-9,12H2,1-3H3,(H3,23,24)/b26-16+. The van der Waals surface area contributed by atoms with E-state index >= 15 is 0 Å². The Morgan fingerprint density at radius 2 is 2.10 bits per heavy atom. The molecule has 1 heterocycles. The van der Waals surface area contributed by atoms with Crippen molar-refractivity contribution >= 4 is 23.3 Å². The number of hydrogen-bond donors (Lipinski definition) is 3. The first kappa shape index (κ1) is 22.9. The van der Waals surface area contributed by atoms with Crippen LogP contribution in [0.25, 0.3) is 0 Å². The van der Waals surface area contributed by atoms with Crippen LogP contribution in [0.4, 0.5) is 14.9 Å². The van der Waals surface area contributed by atoms with E-state index in [0.29, 0.717) is 25.4 Å². The molecule has 1 aliphatic heterocycles. The quantitative estimate of drug-likeness (QED) is 0.369. The van der Waals surface area contributed by atoms with Gasteiger partial charge in [0, 0.05) is 19.2 Å². The summed E-state index contributed by atoms with van der Waals surface area (Å²) in [6.45, 7) is 7.03. The molecule has 1 amide bonds. The van der Waals surface area contributed by atoms with Crippen LogP contribution >= 0.6 is 0 Å². The van der Waals surface area contributed by atoms with E-state index in [0.717, 1.165) is 12.8 Å². The zero-order valence-corrected chi connectivity index (χ0v) is 17.4. The molecule has 0 saturated carbocycles. The van der Waals surface area contributed by atoms with Crippen molar-refractivity contribution < 1.29 is 18.7 Å². The van der Waals surface area contributed by atoms with E-state index in [4.69, 9.17) is 25.9 Å². The zero-order valence-electron chi connectivity index (χ0n) is 17.4. The number of carbonyl (C=O) groups is 1. The normalized spacial score (nSPS) is 15.3. The van der Waals surface area contributed by atoms with Gasteiger partial charge >= 0.3 is 6.09 Å². The van der Waals surface area contributed by atoms with E-state index in [1.54, 1.807) is 11.0 Å². The summed E-state index contributed by atoms with van der Waals surface area (Å²) in [5.41, 5.74) is 7.15. The summed E-state index contributed by atoms with van der Waals surface area (Å²) >= 11 is 0. The van der Waals surface area contributed by atoms with Crippen molar-refractivity contribution in [2.24, 2.45) is 16.8 Å². The minimum absolute atomic E-state index is 0.218. The van der Waals surface area contributed by atoms with Crippen LogP contribution in [0.1, 0.15) is 33.6 Å². The van der Waals surface area contributed by atoms with Gasteiger partial charge in [-0.3, -0.25) is 10.8 Å². The number of amides is 1. The lowest BCUT2D eigenvalue weighted by atomic mass is 9.98. The number of nitriles is 1. The first-order valence-corrected chi connectivity index (χ1v) is 9.57. The molecule has 0 aliphatic carbocycles. The number of amidine groups is 1. The molecule has 1 aromatic carbocycles. The zero-order chi connectivity index (χ0) is 22.3. The number of nitrogens with two attached hydrogens (primary N) is 1. The molecule has 4 N–H and O–H groups in total. The number of benzene rings is 1. The van der Waals surface area contributed by atoms with Gasteiger partial charge in [-0.2, -0.15) is 10.4 Å². The van der Waals surface area contributed by atoms with Crippen molar-refractivity contribution in [2.75, 3.05) is 25.1 Å². The van der Waals surface area contributed by atoms with Crippen LogP contribution in [-0.2, 0) is 4.74 Å². The minimum atomic E-state index is -0.528. The molecule has 1 fully saturated rings.